The van der Waals surface area contributed by atoms with Crippen LogP contribution in [-0.4, -0.2) is 46.6 Å². The number of benzene rings is 3. The minimum atomic E-state index is -0.510. The van der Waals surface area contributed by atoms with Crippen LogP contribution < -0.4 is 0 Å². The first-order valence-electron chi connectivity index (χ1n) is 11.2. The van der Waals surface area contributed by atoms with Gasteiger partial charge in [0, 0.05) is 22.3 Å². The van der Waals surface area contributed by atoms with E-state index in [1.54, 1.807) is 0 Å². The Hall–Kier alpha value is -4.98. The molecule has 0 bridgehead atoms. The number of rotatable bonds is 6. The van der Waals surface area contributed by atoms with Gasteiger partial charge in [0.25, 0.3) is 0 Å². The highest BCUT2D eigenvalue weighted by Crippen LogP contribution is 2.35. The molecule has 0 aliphatic heterocycles. The molecule has 8 nitrogen and oxygen atoms in total. The van der Waals surface area contributed by atoms with Gasteiger partial charge in [-0.3, -0.25) is 10.2 Å². The molecule has 2 aromatic heterocycles. The van der Waals surface area contributed by atoms with Crippen LogP contribution in [0.4, 0.5) is 0 Å². The zero-order chi connectivity index (χ0) is 25.1. The average Bonchev–Trinajstić information content (AvgIpc) is 3.59. The largest absolute Gasteiger partial charge is 0.465 e. The van der Waals surface area contributed by atoms with Crippen molar-refractivity contribution in [2.75, 3.05) is 14.2 Å². The third-order valence-electron chi connectivity index (χ3n) is 5.85. The van der Waals surface area contributed by atoms with E-state index >= 15 is 0 Å². The predicted octanol–water partition coefficient (Wildman–Crippen LogP) is 5.37. The minimum absolute atomic E-state index is 0.320. The number of aromatic amines is 2. The zero-order valence-corrected chi connectivity index (χ0v) is 19.6. The molecule has 5 rings (SSSR count). The van der Waals surface area contributed by atoms with Gasteiger partial charge in [0.2, 0.25) is 0 Å². The Kier molecular flexibility index (Phi) is 6.15. The summed E-state index contributed by atoms with van der Waals surface area (Å²) in [6, 6.07) is 26.2. The monoisotopic (exact) mass is 478 g/mol. The molecule has 0 unspecified atom stereocenters. The van der Waals surface area contributed by atoms with Crippen molar-refractivity contribution in [1.82, 2.24) is 20.4 Å². The lowest BCUT2D eigenvalue weighted by Gasteiger charge is -2.07. The maximum atomic E-state index is 12.8. The van der Waals surface area contributed by atoms with Crippen molar-refractivity contribution in [1.29, 1.82) is 0 Å². The molecule has 0 fully saturated rings. The normalized spacial score (nSPS) is 10.7. The van der Waals surface area contributed by atoms with Gasteiger partial charge in [0.1, 0.15) is 22.5 Å². The van der Waals surface area contributed by atoms with E-state index in [1.807, 2.05) is 84.9 Å². The maximum Gasteiger partial charge on any atom is 0.342 e. The van der Waals surface area contributed by atoms with E-state index in [2.05, 4.69) is 20.4 Å². The summed E-state index contributed by atoms with van der Waals surface area (Å²) in [5.74, 6) is -1.02. The van der Waals surface area contributed by atoms with Gasteiger partial charge in [-0.2, -0.15) is 10.2 Å². The molecule has 5 aromatic rings. The van der Waals surface area contributed by atoms with Gasteiger partial charge >= 0.3 is 11.9 Å². The molecule has 2 N–H and O–H groups in total. The molecule has 0 aliphatic rings. The van der Waals surface area contributed by atoms with E-state index in [0.717, 1.165) is 11.1 Å². The molecule has 2 heterocycles. The van der Waals surface area contributed by atoms with Crippen LogP contribution in [0.15, 0.2) is 84.9 Å². The first-order chi connectivity index (χ1) is 17.6. The van der Waals surface area contributed by atoms with Crippen LogP contribution in [-0.2, 0) is 9.47 Å². The standard InChI is InChI=1S/C28H22N4O4/c1-35-27(33)21-23(17-10-5-3-6-11-17)29-31-25(21)19-14-9-15-20(16-19)26-22(28(34)36-2)24(30-32-26)18-12-7-4-8-13-18/h3-16H,1-2H3,(H,29,31)(H,30,32). The number of ether oxygens (including phenoxy) is 2. The lowest BCUT2D eigenvalue weighted by Crippen LogP contribution is -2.04. The molecule has 0 aliphatic carbocycles. The lowest BCUT2D eigenvalue weighted by atomic mass is 9.97. The predicted molar refractivity (Wildman–Crippen MR) is 135 cm³/mol. The van der Waals surface area contributed by atoms with E-state index < -0.39 is 11.9 Å². The number of hydrogen-bond donors (Lipinski definition) is 2. The van der Waals surface area contributed by atoms with Crippen LogP contribution in [0.3, 0.4) is 0 Å². The van der Waals surface area contributed by atoms with Gasteiger partial charge in [-0.25, -0.2) is 9.59 Å². The van der Waals surface area contributed by atoms with Crippen molar-refractivity contribution in [2.24, 2.45) is 0 Å². The second kappa shape index (κ2) is 9.71. The summed E-state index contributed by atoms with van der Waals surface area (Å²) in [5.41, 5.74) is 5.55. The van der Waals surface area contributed by atoms with Crippen LogP contribution in [0.5, 0.6) is 0 Å². The molecule has 0 atom stereocenters. The molecule has 8 heteroatoms. The number of hydrogen-bond acceptors (Lipinski definition) is 6. The van der Waals surface area contributed by atoms with Gasteiger partial charge in [0.05, 0.1) is 25.6 Å². The van der Waals surface area contributed by atoms with Crippen molar-refractivity contribution in [3.63, 3.8) is 0 Å². The topological polar surface area (TPSA) is 110 Å². The Labute approximate surface area is 206 Å². The van der Waals surface area contributed by atoms with Crippen molar-refractivity contribution < 1.29 is 19.1 Å². The Bertz CT molecular complexity index is 1430. The quantitative estimate of drug-likeness (QED) is 0.317. The fourth-order valence-electron chi connectivity index (χ4n) is 4.14. The molecule has 0 amide bonds. The molecule has 178 valence electrons. The second-order valence-corrected chi connectivity index (χ2v) is 7.94. The highest BCUT2D eigenvalue weighted by atomic mass is 16.5. The SMILES string of the molecule is COC(=O)c1c(-c2cccc(-c3n[nH]c(-c4ccccc4)c3C(=O)OC)c2)n[nH]c1-c1ccccc1. The summed E-state index contributed by atoms with van der Waals surface area (Å²) in [6.07, 6.45) is 0. The summed E-state index contributed by atoms with van der Waals surface area (Å²) < 4.78 is 10.1. The van der Waals surface area contributed by atoms with Crippen LogP contribution >= 0.6 is 0 Å². The smallest absolute Gasteiger partial charge is 0.342 e. The number of nitrogens with zero attached hydrogens (tertiary/aromatic N) is 2. The van der Waals surface area contributed by atoms with Crippen molar-refractivity contribution in [3.8, 4) is 45.0 Å². The Morgan fingerprint density at radius 3 is 1.36 bits per heavy atom. The van der Waals surface area contributed by atoms with E-state index in [-0.39, 0.29) is 0 Å². The summed E-state index contributed by atoms with van der Waals surface area (Å²) in [6.45, 7) is 0. The maximum absolute atomic E-state index is 12.8. The molecule has 3 aromatic carbocycles. The van der Waals surface area contributed by atoms with Crippen LogP contribution in [0.25, 0.3) is 45.0 Å². The van der Waals surface area contributed by atoms with Gasteiger partial charge in [-0.15, -0.1) is 0 Å². The number of methoxy groups -OCH3 is 2. The van der Waals surface area contributed by atoms with Gasteiger partial charge in [-0.05, 0) is 6.07 Å². The zero-order valence-electron chi connectivity index (χ0n) is 19.6. The third kappa shape index (κ3) is 4.05. The van der Waals surface area contributed by atoms with Crippen LogP contribution in [0.1, 0.15) is 20.7 Å². The number of carbonyl (C=O) groups is 2. The fraction of sp³-hybridized carbons (Fsp3) is 0.0714. The number of carbonyl (C=O) groups excluding carboxylic acids is 2. The van der Waals surface area contributed by atoms with Crippen molar-refractivity contribution in [2.45, 2.75) is 0 Å². The molecule has 0 radical (unpaired) electrons. The van der Waals surface area contributed by atoms with Gasteiger partial charge in [-0.1, -0.05) is 78.9 Å². The Balaban J connectivity index is 1.64. The molecule has 0 saturated carbocycles. The number of nitrogens with one attached hydrogen (secondary N) is 2. The second-order valence-electron chi connectivity index (χ2n) is 7.94. The number of H-pyrrole nitrogens is 2. The molecular weight excluding hydrogens is 456 g/mol. The van der Waals surface area contributed by atoms with Crippen molar-refractivity contribution >= 4 is 11.9 Å². The number of esters is 2. The minimum Gasteiger partial charge on any atom is -0.465 e. The highest BCUT2D eigenvalue weighted by Gasteiger charge is 2.26. The summed E-state index contributed by atoms with van der Waals surface area (Å²) >= 11 is 0. The van der Waals surface area contributed by atoms with E-state index in [9.17, 15) is 9.59 Å². The lowest BCUT2D eigenvalue weighted by molar-refractivity contribution is 0.0593. The summed E-state index contributed by atoms with van der Waals surface area (Å²) in [4.78, 5) is 25.6. The molecular formula is C28H22N4O4. The fourth-order valence-corrected chi connectivity index (χ4v) is 4.14. The van der Waals surface area contributed by atoms with E-state index in [0.29, 0.717) is 45.0 Å². The first kappa shape index (κ1) is 22.8. The van der Waals surface area contributed by atoms with E-state index in [1.165, 1.54) is 14.2 Å². The van der Waals surface area contributed by atoms with Crippen LogP contribution in [0, 0.1) is 0 Å². The van der Waals surface area contributed by atoms with Crippen molar-refractivity contribution in [3.05, 3.63) is 96.1 Å². The first-order valence-corrected chi connectivity index (χ1v) is 11.2. The average molecular weight is 479 g/mol. The number of aromatic nitrogens is 4. The molecule has 0 spiro atoms. The Morgan fingerprint density at radius 2 is 0.972 bits per heavy atom. The summed E-state index contributed by atoms with van der Waals surface area (Å²) in [5, 5.41) is 14.9. The third-order valence-corrected chi connectivity index (χ3v) is 5.85. The van der Waals surface area contributed by atoms with Crippen LogP contribution in [0.2, 0.25) is 0 Å². The van der Waals surface area contributed by atoms with Gasteiger partial charge in [0.15, 0.2) is 0 Å². The Morgan fingerprint density at radius 1 is 0.583 bits per heavy atom. The molecule has 0 saturated heterocycles. The summed E-state index contributed by atoms with van der Waals surface area (Å²) in [7, 11) is 2.67. The highest BCUT2D eigenvalue weighted by molar-refractivity contribution is 6.04. The molecule has 36 heavy (non-hydrogen) atoms. The van der Waals surface area contributed by atoms with E-state index in [4.69, 9.17) is 9.47 Å². The van der Waals surface area contributed by atoms with Gasteiger partial charge < -0.3 is 9.47 Å².